The highest BCUT2D eigenvalue weighted by atomic mass is 16.5. The van der Waals surface area contributed by atoms with Gasteiger partial charge in [0.25, 0.3) is 0 Å². The Morgan fingerprint density at radius 2 is 0.645 bits per heavy atom. The van der Waals surface area contributed by atoms with Gasteiger partial charge in [0.1, 0.15) is 23.0 Å². The molecule has 10 aromatic carbocycles. The zero-order chi connectivity index (χ0) is 50.9. The molecule has 2 aliphatic rings. The predicted molar refractivity (Wildman–Crippen MR) is 312 cm³/mol. The summed E-state index contributed by atoms with van der Waals surface area (Å²) < 4.78 is 18.1. The lowest BCUT2D eigenvalue weighted by atomic mass is 9.74. The molecule has 0 fully saturated rings. The van der Waals surface area contributed by atoms with Gasteiger partial charge in [-0.25, -0.2) is 0 Å². The summed E-state index contributed by atoms with van der Waals surface area (Å²) in [6, 6.07) is 83.1. The Bertz CT molecular complexity index is 4210. The van der Waals surface area contributed by atoms with Crippen LogP contribution in [-0.2, 0) is 10.8 Å². The van der Waals surface area contributed by atoms with Crippen LogP contribution in [-0.4, -0.2) is 14.1 Å². The number of hydrogen-bond donors (Lipinski definition) is 0. The van der Waals surface area contributed by atoms with Crippen molar-refractivity contribution in [3.05, 3.63) is 259 Å². The van der Waals surface area contributed by atoms with E-state index in [1.807, 2.05) is 6.20 Å². The number of ether oxygens (including phenoxy) is 2. The maximum Gasteiger partial charge on any atom is 0.131 e. The van der Waals surface area contributed by atoms with Crippen molar-refractivity contribution in [2.24, 2.45) is 0 Å². The summed E-state index contributed by atoms with van der Waals surface area (Å²) in [7, 11) is 0. The third-order valence-corrected chi connectivity index (χ3v) is 16.5. The van der Waals surface area contributed by atoms with Crippen molar-refractivity contribution in [2.45, 2.75) is 38.5 Å². The summed E-state index contributed by atoms with van der Waals surface area (Å²) in [6.45, 7) is 9.23. The van der Waals surface area contributed by atoms with E-state index in [2.05, 4.69) is 267 Å². The molecule has 0 bridgehead atoms. The average Bonchev–Trinajstić information content (AvgIpc) is 4.09. The standard InChI is InChI=1S/C71H51N3O2/c1-70(2)57-39-46(44-24-31-64-55(37-44)53-19-11-13-21-62(53)73(64)51-15-7-5-8-16-51)26-33-66(57)75-68-35-28-48(41-59(68)70)50-23-30-61(72-43-50)49-29-36-69-60(42-49)71(3,4)58-40-47(27-34-67(58)76-69)45-25-32-65-56(38-45)54-20-12-14-22-63(54)74(65)52-17-9-6-10-18-52/h5-43H,1-4H3. The smallest absolute Gasteiger partial charge is 0.131 e. The van der Waals surface area contributed by atoms with Crippen molar-refractivity contribution in [1.82, 2.24) is 14.1 Å². The number of rotatable bonds is 6. The quantitative estimate of drug-likeness (QED) is 0.167. The van der Waals surface area contributed by atoms with Gasteiger partial charge in [-0.1, -0.05) is 137 Å². The van der Waals surface area contributed by atoms with Gasteiger partial charge in [0.2, 0.25) is 0 Å². The van der Waals surface area contributed by atoms with Crippen LogP contribution in [0, 0.1) is 0 Å². The molecular formula is C71H51N3O2. The van der Waals surface area contributed by atoms with Gasteiger partial charge in [0.05, 0.1) is 27.8 Å². The fourth-order valence-electron chi connectivity index (χ4n) is 12.4. The molecule has 3 aromatic heterocycles. The van der Waals surface area contributed by atoms with Crippen molar-refractivity contribution < 1.29 is 9.47 Å². The fraction of sp³-hybridized carbons (Fsp3) is 0.0845. The monoisotopic (exact) mass is 977 g/mol. The zero-order valence-electron chi connectivity index (χ0n) is 42.7. The Balaban J connectivity index is 0.712. The Hall–Kier alpha value is -9.45. The van der Waals surface area contributed by atoms with E-state index in [1.54, 1.807) is 0 Å². The molecule has 0 radical (unpaired) electrons. The molecule has 0 N–H and O–H groups in total. The highest BCUT2D eigenvalue weighted by Crippen LogP contribution is 2.52. The van der Waals surface area contributed by atoms with E-state index in [0.29, 0.717) is 0 Å². The first-order chi connectivity index (χ1) is 37.2. The molecule has 0 saturated heterocycles. The molecule has 13 aromatic rings. The Kier molecular flexibility index (Phi) is 9.58. The Morgan fingerprint density at radius 1 is 0.303 bits per heavy atom. The lowest BCUT2D eigenvalue weighted by Crippen LogP contribution is -2.24. The minimum absolute atomic E-state index is 0.328. The predicted octanol–water partition coefficient (Wildman–Crippen LogP) is 18.8. The minimum atomic E-state index is -0.336. The van der Waals surface area contributed by atoms with E-state index in [9.17, 15) is 0 Å². The summed E-state index contributed by atoms with van der Waals surface area (Å²) in [5.74, 6) is 3.55. The lowest BCUT2D eigenvalue weighted by Gasteiger charge is -2.35. The third-order valence-electron chi connectivity index (χ3n) is 16.5. The van der Waals surface area contributed by atoms with Gasteiger partial charge >= 0.3 is 0 Å². The molecule has 0 atom stereocenters. The summed E-state index contributed by atoms with van der Waals surface area (Å²) in [5.41, 5.74) is 19.8. The number of hydrogen-bond acceptors (Lipinski definition) is 3. The maximum absolute atomic E-state index is 6.68. The van der Waals surface area contributed by atoms with Crippen molar-refractivity contribution in [1.29, 1.82) is 0 Å². The highest BCUT2D eigenvalue weighted by Gasteiger charge is 2.37. The second-order valence-corrected chi connectivity index (χ2v) is 21.6. The van der Waals surface area contributed by atoms with Gasteiger partial charge in [-0.3, -0.25) is 4.98 Å². The van der Waals surface area contributed by atoms with Crippen LogP contribution in [0.1, 0.15) is 49.9 Å². The average molecular weight is 978 g/mol. The first-order valence-electron chi connectivity index (χ1n) is 26.2. The van der Waals surface area contributed by atoms with Crippen LogP contribution in [0.5, 0.6) is 23.0 Å². The van der Waals surface area contributed by atoms with Crippen LogP contribution in [0.2, 0.25) is 0 Å². The number of aromatic nitrogens is 3. The molecule has 0 aliphatic carbocycles. The van der Waals surface area contributed by atoms with Crippen LogP contribution >= 0.6 is 0 Å². The molecule has 2 aliphatic heterocycles. The van der Waals surface area contributed by atoms with Crippen LogP contribution in [0.4, 0.5) is 0 Å². The van der Waals surface area contributed by atoms with Crippen LogP contribution in [0.15, 0.2) is 237 Å². The van der Waals surface area contributed by atoms with Gasteiger partial charge < -0.3 is 18.6 Å². The van der Waals surface area contributed by atoms with Crippen molar-refractivity contribution in [3.63, 3.8) is 0 Å². The van der Waals surface area contributed by atoms with E-state index >= 15 is 0 Å². The third kappa shape index (κ3) is 6.75. The summed E-state index contributed by atoms with van der Waals surface area (Å²) in [4.78, 5) is 5.10. The number of nitrogens with zero attached hydrogens (tertiary/aromatic N) is 3. The largest absolute Gasteiger partial charge is 0.457 e. The normalized spacial score (nSPS) is 13.9. The SMILES string of the molecule is CC1(C)c2cc(-c3ccc(-c4ccc5c(c4)C(C)(C)c4cc(-c6ccc7c(c6)c6ccccc6n7-c6ccccc6)ccc4O5)nc3)ccc2Oc2ccc(-c3ccc4c(c3)c3ccccc3n4-c3ccccc3)cc21. The molecule has 5 heterocycles. The first kappa shape index (κ1) is 44.1. The molecule has 0 spiro atoms. The van der Waals surface area contributed by atoms with Gasteiger partial charge in [0.15, 0.2) is 0 Å². The van der Waals surface area contributed by atoms with E-state index < -0.39 is 0 Å². The molecule has 5 heteroatoms. The Morgan fingerprint density at radius 3 is 1.08 bits per heavy atom. The first-order valence-corrected chi connectivity index (χ1v) is 26.2. The molecular weight excluding hydrogens is 927 g/mol. The molecule has 0 amide bonds. The van der Waals surface area contributed by atoms with E-state index in [1.165, 1.54) is 54.7 Å². The van der Waals surface area contributed by atoms with Crippen molar-refractivity contribution in [2.75, 3.05) is 0 Å². The molecule has 76 heavy (non-hydrogen) atoms. The summed E-state index contributed by atoms with van der Waals surface area (Å²) in [6.07, 6.45) is 2.00. The van der Waals surface area contributed by atoms with Crippen molar-refractivity contribution in [3.8, 4) is 79.0 Å². The second-order valence-electron chi connectivity index (χ2n) is 21.6. The molecule has 15 rings (SSSR count). The number of para-hydroxylation sites is 4. The second kappa shape index (κ2) is 16.5. The Labute approximate surface area is 441 Å². The molecule has 0 saturated carbocycles. The van der Waals surface area contributed by atoms with Gasteiger partial charge in [-0.15, -0.1) is 0 Å². The minimum Gasteiger partial charge on any atom is -0.457 e. The van der Waals surface area contributed by atoms with E-state index in [-0.39, 0.29) is 10.8 Å². The van der Waals surface area contributed by atoms with E-state index in [4.69, 9.17) is 14.5 Å². The topological polar surface area (TPSA) is 41.2 Å². The van der Waals surface area contributed by atoms with Crippen LogP contribution in [0.25, 0.3) is 99.6 Å². The van der Waals surface area contributed by atoms with E-state index in [0.717, 1.165) is 90.1 Å². The number of fused-ring (bicyclic) bond motifs is 10. The molecule has 362 valence electrons. The fourth-order valence-corrected chi connectivity index (χ4v) is 12.4. The van der Waals surface area contributed by atoms with Crippen molar-refractivity contribution >= 4 is 43.6 Å². The lowest BCUT2D eigenvalue weighted by molar-refractivity contribution is 0.418. The molecule has 0 unspecified atom stereocenters. The number of pyridine rings is 1. The van der Waals surface area contributed by atoms with Gasteiger partial charge in [0, 0.05) is 83.3 Å². The highest BCUT2D eigenvalue weighted by molar-refractivity contribution is 6.11. The number of benzene rings is 10. The molecule has 5 nitrogen and oxygen atoms in total. The summed E-state index contributed by atoms with van der Waals surface area (Å²) in [5, 5.41) is 4.95. The maximum atomic E-state index is 6.68. The zero-order valence-corrected chi connectivity index (χ0v) is 42.7. The van der Waals surface area contributed by atoms with Crippen LogP contribution < -0.4 is 9.47 Å². The summed E-state index contributed by atoms with van der Waals surface area (Å²) >= 11 is 0. The van der Waals surface area contributed by atoms with Gasteiger partial charge in [-0.05, 0) is 149 Å². The van der Waals surface area contributed by atoms with Crippen LogP contribution in [0.3, 0.4) is 0 Å². The van der Waals surface area contributed by atoms with Gasteiger partial charge in [-0.2, -0.15) is 0 Å².